The number of nitrogens with zero attached hydrogens (tertiary/aromatic N) is 3. The van der Waals surface area contributed by atoms with Crippen LogP contribution in [-0.2, 0) is 11.8 Å². The number of carbonyl (C=O) groups excluding carboxylic acids is 1. The third kappa shape index (κ3) is 3.65. The van der Waals surface area contributed by atoms with Crippen molar-refractivity contribution >= 4 is 34.7 Å². The van der Waals surface area contributed by atoms with E-state index in [1.807, 2.05) is 29.1 Å². The van der Waals surface area contributed by atoms with Crippen LogP contribution in [0.1, 0.15) is 5.56 Å². The van der Waals surface area contributed by atoms with E-state index in [1.54, 1.807) is 30.4 Å². The van der Waals surface area contributed by atoms with E-state index in [4.69, 9.17) is 0 Å². The summed E-state index contributed by atoms with van der Waals surface area (Å²) < 4.78 is 15.6. The number of carbonyl (C=O) groups is 1. The first kappa shape index (κ1) is 16.7. The normalized spacial score (nSPS) is 10.8. The molecule has 0 radical (unpaired) electrons. The largest absolute Gasteiger partial charge is 0.323 e. The Kier molecular flexibility index (Phi) is 4.96. The van der Waals surface area contributed by atoms with Crippen LogP contribution in [0.4, 0.5) is 10.1 Å². The summed E-state index contributed by atoms with van der Waals surface area (Å²) in [6.45, 7) is 1.80. The van der Waals surface area contributed by atoms with Crippen LogP contribution in [-0.4, -0.2) is 26.4 Å². The van der Waals surface area contributed by atoms with Gasteiger partial charge < -0.3 is 9.88 Å². The number of benzene rings is 1. The van der Waals surface area contributed by atoms with Crippen molar-refractivity contribution in [2.45, 2.75) is 12.1 Å². The molecular formula is C16H15FN4OS2. The Morgan fingerprint density at radius 2 is 2.21 bits per heavy atom. The third-order valence-corrected chi connectivity index (χ3v) is 5.19. The van der Waals surface area contributed by atoms with Crippen molar-refractivity contribution in [1.82, 2.24) is 14.8 Å². The second kappa shape index (κ2) is 7.14. The lowest BCUT2D eigenvalue weighted by atomic mass is 10.2. The number of aryl methyl sites for hydroxylation is 1. The van der Waals surface area contributed by atoms with E-state index in [0.29, 0.717) is 5.16 Å². The van der Waals surface area contributed by atoms with Gasteiger partial charge in [-0.05, 0) is 36.1 Å². The van der Waals surface area contributed by atoms with E-state index in [9.17, 15) is 9.18 Å². The zero-order valence-corrected chi connectivity index (χ0v) is 14.7. The number of rotatable bonds is 5. The highest BCUT2D eigenvalue weighted by molar-refractivity contribution is 7.99. The Balaban J connectivity index is 1.62. The molecule has 5 nitrogen and oxygen atoms in total. The standard InChI is InChI=1S/C16H15FN4OS2/c1-10-5-6-12(11(17)8-10)18-14(22)9-24-16-20-19-15(21(16)2)13-4-3-7-23-13/h3-8H,9H2,1-2H3,(H,18,22). The SMILES string of the molecule is Cc1ccc(NC(=O)CSc2nnc(-c3cccs3)n2C)c(F)c1. The van der Waals surface area contributed by atoms with Crippen molar-refractivity contribution in [1.29, 1.82) is 0 Å². The lowest BCUT2D eigenvalue weighted by Gasteiger charge is -2.07. The van der Waals surface area contributed by atoms with Crippen LogP contribution in [0.2, 0.25) is 0 Å². The lowest BCUT2D eigenvalue weighted by molar-refractivity contribution is -0.113. The van der Waals surface area contributed by atoms with Crippen LogP contribution >= 0.6 is 23.1 Å². The summed E-state index contributed by atoms with van der Waals surface area (Å²) in [6.07, 6.45) is 0. The number of halogens is 1. The number of thiophene rings is 1. The molecule has 0 aliphatic carbocycles. The summed E-state index contributed by atoms with van der Waals surface area (Å²) in [6, 6.07) is 8.62. The predicted molar refractivity (Wildman–Crippen MR) is 94.8 cm³/mol. The summed E-state index contributed by atoms with van der Waals surface area (Å²) in [4.78, 5) is 13.0. The maximum absolute atomic E-state index is 13.8. The van der Waals surface area contributed by atoms with Gasteiger partial charge in [0.1, 0.15) is 5.82 Å². The first-order chi connectivity index (χ1) is 11.5. The van der Waals surface area contributed by atoms with Gasteiger partial charge in [-0.2, -0.15) is 0 Å². The molecule has 0 bridgehead atoms. The van der Waals surface area contributed by atoms with Gasteiger partial charge in [0.2, 0.25) is 5.91 Å². The number of hydrogen-bond acceptors (Lipinski definition) is 5. The van der Waals surface area contributed by atoms with E-state index in [1.165, 1.54) is 17.8 Å². The topological polar surface area (TPSA) is 59.8 Å². The third-order valence-electron chi connectivity index (χ3n) is 3.31. The Hall–Kier alpha value is -2.19. The van der Waals surface area contributed by atoms with Crippen molar-refractivity contribution in [3.63, 3.8) is 0 Å². The van der Waals surface area contributed by atoms with Crippen LogP contribution in [0.25, 0.3) is 10.7 Å². The van der Waals surface area contributed by atoms with Gasteiger partial charge in [0.25, 0.3) is 0 Å². The van der Waals surface area contributed by atoms with Crippen LogP contribution in [0.3, 0.4) is 0 Å². The Bertz CT molecular complexity index is 861. The molecule has 0 unspecified atom stereocenters. The maximum atomic E-state index is 13.8. The molecule has 0 saturated heterocycles. The molecule has 0 aliphatic heterocycles. The number of anilines is 1. The first-order valence-corrected chi connectivity index (χ1v) is 9.03. The average molecular weight is 362 g/mol. The second-order valence-corrected chi connectivity index (χ2v) is 7.05. The summed E-state index contributed by atoms with van der Waals surface area (Å²) in [5.41, 5.74) is 0.989. The van der Waals surface area contributed by atoms with E-state index < -0.39 is 5.82 Å². The molecule has 2 aromatic heterocycles. The van der Waals surface area contributed by atoms with Crippen molar-refractivity contribution in [3.05, 3.63) is 47.1 Å². The molecule has 3 aromatic rings. The van der Waals surface area contributed by atoms with Gasteiger partial charge in [-0.25, -0.2) is 4.39 Å². The number of nitrogens with one attached hydrogen (secondary N) is 1. The van der Waals surface area contributed by atoms with Gasteiger partial charge in [-0.1, -0.05) is 23.9 Å². The molecule has 0 saturated carbocycles. The number of amides is 1. The van der Waals surface area contributed by atoms with Crippen LogP contribution in [0.5, 0.6) is 0 Å². The van der Waals surface area contributed by atoms with Gasteiger partial charge in [0.05, 0.1) is 16.3 Å². The van der Waals surface area contributed by atoms with E-state index in [-0.39, 0.29) is 17.3 Å². The van der Waals surface area contributed by atoms with Gasteiger partial charge in [-0.3, -0.25) is 4.79 Å². The van der Waals surface area contributed by atoms with Crippen molar-refractivity contribution in [2.24, 2.45) is 7.05 Å². The zero-order chi connectivity index (χ0) is 17.1. The average Bonchev–Trinajstić information content (AvgIpc) is 3.18. The minimum Gasteiger partial charge on any atom is -0.323 e. The van der Waals surface area contributed by atoms with Crippen LogP contribution < -0.4 is 5.32 Å². The van der Waals surface area contributed by atoms with Gasteiger partial charge in [-0.15, -0.1) is 21.5 Å². The molecule has 3 rings (SSSR count). The van der Waals surface area contributed by atoms with Crippen molar-refractivity contribution in [3.8, 4) is 10.7 Å². The maximum Gasteiger partial charge on any atom is 0.234 e. The highest BCUT2D eigenvalue weighted by atomic mass is 32.2. The van der Waals surface area contributed by atoms with Crippen molar-refractivity contribution in [2.75, 3.05) is 11.1 Å². The molecule has 1 aromatic carbocycles. The summed E-state index contributed by atoms with van der Waals surface area (Å²) in [7, 11) is 1.86. The molecule has 1 N–H and O–H groups in total. The summed E-state index contributed by atoms with van der Waals surface area (Å²) in [5.74, 6) is 0.164. The highest BCUT2D eigenvalue weighted by Gasteiger charge is 2.14. The van der Waals surface area contributed by atoms with Gasteiger partial charge in [0.15, 0.2) is 11.0 Å². The second-order valence-electron chi connectivity index (χ2n) is 5.16. The molecule has 24 heavy (non-hydrogen) atoms. The molecule has 1 amide bonds. The van der Waals surface area contributed by atoms with E-state index >= 15 is 0 Å². The Morgan fingerprint density at radius 3 is 2.92 bits per heavy atom. The van der Waals surface area contributed by atoms with Crippen LogP contribution in [0, 0.1) is 12.7 Å². The lowest BCUT2D eigenvalue weighted by Crippen LogP contribution is -2.15. The first-order valence-electron chi connectivity index (χ1n) is 7.16. The molecule has 0 aliphatic rings. The van der Waals surface area contributed by atoms with Crippen LogP contribution in [0.15, 0.2) is 40.9 Å². The fraction of sp³-hybridized carbons (Fsp3) is 0.188. The Labute approximate surface area is 146 Å². The number of aromatic nitrogens is 3. The molecular weight excluding hydrogens is 347 g/mol. The predicted octanol–water partition coefficient (Wildman–Crippen LogP) is 3.72. The van der Waals surface area contributed by atoms with Gasteiger partial charge in [0, 0.05) is 7.05 Å². The summed E-state index contributed by atoms with van der Waals surface area (Å²) >= 11 is 2.84. The fourth-order valence-electron chi connectivity index (χ4n) is 2.10. The van der Waals surface area contributed by atoms with Crippen molar-refractivity contribution < 1.29 is 9.18 Å². The highest BCUT2D eigenvalue weighted by Crippen LogP contribution is 2.26. The molecule has 0 spiro atoms. The smallest absolute Gasteiger partial charge is 0.234 e. The molecule has 8 heteroatoms. The fourth-order valence-corrected chi connectivity index (χ4v) is 3.55. The number of hydrogen-bond donors (Lipinski definition) is 1. The molecule has 0 atom stereocenters. The summed E-state index contributed by atoms with van der Waals surface area (Å²) in [5, 5.41) is 13.4. The molecule has 0 fully saturated rings. The van der Waals surface area contributed by atoms with E-state index in [0.717, 1.165) is 16.3 Å². The van der Waals surface area contributed by atoms with E-state index in [2.05, 4.69) is 15.5 Å². The minimum absolute atomic E-state index is 0.129. The number of thioether (sulfide) groups is 1. The van der Waals surface area contributed by atoms with Gasteiger partial charge >= 0.3 is 0 Å². The zero-order valence-electron chi connectivity index (χ0n) is 13.1. The minimum atomic E-state index is -0.438. The monoisotopic (exact) mass is 362 g/mol. The molecule has 2 heterocycles. The quantitative estimate of drug-likeness (QED) is 0.703. The Morgan fingerprint density at radius 1 is 1.38 bits per heavy atom. The molecule has 124 valence electrons.